The lowest BCUT2D eigenvalue weighted by Crippen LogP contribution is -2.22. The molecule has 1 aromatic carbocycles. The standard InChI is InChI=1S/C21H25N5/c1-15-6-5-7-16(2)21(15)25-19-14-20(24-17(3)23-19)26(4)13-10-18-8-11-22-12-9-18/h5-9,11-12,14H,10,13H2,1-4H3,(H,23,24,25). The second-order valence-electron chi connectivity index (χ2n) is 6.58. The van der Waals surface area contributed by atoms with Crippen LogP contribution in [0.5, 0.6) is 0 Å². The largest absolute Gasteiger partial charge is 0.359 e. The van der Waals surface area contributed by atoms with Crippen LogP contribution in [0.3, 0.4) is 0 Å². The summed E-state index contributed by atoms with van der Waals surface area (Å²) in [7, 11) is 2.06. The number of aromatic nitrogens is 3. The first-order valence-electron chi connectivity index (χ1n) is 8.82. The molecule has 0 aliphatic carbocycles. The van der Waals surface area contributed by atoms with Crippen LogP contribution in [0.25, 0.3) is 0 Å². The molecule has 0 aliphatic rings. The summed E-state index contributed by atoms with van der Waals surface area (Å²) in [6, 6.07) is 12.4. The number of para-hydroxylation sites is 1. The minimum absolute atomic E-state index is 0.756. The monoisotopic (exact) mass is 347 g/mol. The topological polar surface area (TPSA) is 53.9 Å². The van der Waals surface area contributed by atoms with Crippen LogP contribution in [0.15, 0.2) is 48.8 Å². The maximum Gasteiger partial charge on any atom is 0.136 e. The molecule has 2 heterocycles. The summed E-state index contributed by atoms with van der Waals surface area (Å²) in [5.41, 5.74) is 4.78. The van der Waals surface area contributed by atoms with Crippen molar-refractivity contribution in [1.82, 2.24) is 15.0 Å². The Morgan fingerprint density at radius 1 is 0.962 bits per heavy atom. The van der Waals surface area contributed by atoms with Crippen LogP contribution in [-0.2, 0) is 6.42 Å². The number of hydrogen-bond donors (Lipinski definition) is 1. The van der Waals surface area contributed by atoms with Gasteiger partial charge in [0, 0.05) is 37.7 Å². The van der Waals surface area contributed by atoms with E-state index in [1.54, 1.807) is 0 Å². The Balaban J connectivity index is 1.76. The zero-order valence-corrected chi connectivity index (χ0v) is 15.8. The van der Waals surface area contributed by atoms with E-state index in [4.69, 9.17) is 0 Å². The van der Waals surface area contributed by atoms with Crippen LogP contribution in [0.4, 0.5) is 17.3 Å². The number of nitrogens with zero attached hydrogens (tertiary/aromatic N) is 4. The molecule has 134 valence electrons. The van der Waals surface area contributed by atoms with Crippen LogP contribution in [-0.4, -0.2) is 28.5 Å². The van der Waals surface area contributed by atoms with E-state index >= 15 is 0 Å². The average Bonchev–Trinajstić information content (AvgIpc) is 2.63. The summed E-state index contributed by atoms with van der Waals surface area (Å²) in [6.07, 6.45) is 4.61. The van der Waals surface area contributed by atoms with E-state index in [0.29, 0.717) is 0 Å². The predicted molar refractivity (Wildman–Crippen MR) is 107 cm³/mol. The van der Waals surface area contributed by atoms with Gasteiger partial charge < -0.3 is 10.2 Å². The Hall–Kier alpha value is -2.95. The van der Waals surface area contributed by atoms with Crippen LogP contribution >= 0.6 is 0 Å². The minimum atomic E-state index is 0.756. The molecule has 0 radical (unpaired) electrons. The van der Waals surface area contributed by atoms with E-state index in [0.717, 1.165) is 36.1 Å². The first-order valence-corrected chi connectivity index (χ1v) is 8.82. The highest BCUT2D eigenvalue weighted by atomic mass is 15.2. The number of hydrogen-bond acceptors (Lipinski definition) is 5. The van der Waals surface area contributed by atoms with Gasteiger partial charge >= 0.3 is 0 Å². The zero-order chi connectivity index (χ0) is 18.5. The van der Waals surface area contributed by atoms with Crippen molar-refractivity contribution in [3.63, 3.8) is 0 Å². The SMILES string of the molecule is Cc1nc(Nc2c(C)cccc2C)cc(N(C)CCc2ccncc2)n1. The van der Waals surface area contributed by atoms with E-state index in [1.165, 1.54) is 16.7 Å². The second kappa shape index (κ2) is 7.95. The molecule has 3 aromatic rings. The van der Waals surface area contributed by atoms with Gasteiger partial charge in [0.15, 0.2) is 0 Å². The maximum absolute atomic E-state index is 4.59. The number of pyridine rings is 1. The second-order valence-corrected chi connectivity index (χ2v) is 6.58. The van der Waals surface area contributed by atoms with E-state index in [9.17, 15) is 0 Å². The Morgan fingerprint density at radius 2 is 1.65 bits per heavy atom. The normalized spacial score (nSPS) is 10.6. The summed E-state index contributed by atoms with van der Waals surface area (Å²) in [4.78, 5) is 15.4. The molecule has 0 aliphatic heterocycles. The molecule has 0 spiro atoms. The average molecular weight is 347 g/mol. The van der Waals surface area contributed by atoms with Crippen molar-refractivity contribution < 1.29 is 0 Å². The van der Waals surface area contributed by atoms with Gasteiger partial charge in [-0.2, -0.15) is 0 Å². The van der Waals surface area contributed by atoms with Gasteiger partial charge in [-0.3, -0.25) is 4.98 Å². The Bertz CT molecular complexity index is 857. The molecular formula is C21H25N5. The lowest BCUT2D eigenvalue weighted by Gasteiger charge is -2.20. The van der Waals surface area contributed by atoms with Crippen molar-refractivity contribution in [3.05, 3.63) is 71.3 Å². The fourth-order valence-electron chi connectivity index (χ4n) is 2.91. The highest BCUT2D eigenvalue weighted by Gasteiger charge is 2.09. The third-order valence-electron chi connectivity index (χ3n) is 4.43. The first-order chi connectivity index (χ1) is 12.5. The number of nitrogens with one attached hydrogen (secondary N) is 1. The number of rotatable bonds is 6. The molecule has 0 saturated carbocycles. The molecule has 3 rings (SSSR count). The molecule has 0 amide bonds. The molecule has 26 heavy (non-hydrogen) atoms. The molecule has 0 atom stereocenters. The summed E-state index contributed by atoms with van der Waals surface area (Å²) in [5, 5.41) is 3.46. The highest BCUT2D eigenvalue weighted by molar-refractivity contribution is 5.66. The molecule has 0 saturated heterocycles. The molecule has 0 fully saturated rings. The van der Waals surface area contributed by atoms with Crippen LogP contribution in [0, 0.1) is 20.8 Å². The van der Waals surface area contributed by atoms with Gasteiger partial charge in [-0.05, 0) is 56.0 Å². The smallest absolute Gasteiger partial charge is 0.136 e. The molecule has 0 unspecified atom stereocenters. The summed E-state index contributed by atoms with van der Waals surface area (Å²) >= 11 is 0. The Kier molecular flexibility index (Phi) is 5.46. The molecule has 0 bridgehead atoms. The minimum Gasteiger partial charge on any atom is -0.359 e. The maximum atomic E-state index is 4.59. The molecule has 2 aromatic heterocycles. The molecular weight excluding hydrogens is 322 g/mol. The van der Waals surface area contributed by atoms with Gasteiger partial charge in [0.05, 0.1) is 0 Å². The predicted octanol–water partition coefficient (Wildman–Crippen LogP) is 4.22. The number of benzene rings is 1. The third-order valence-corrected chi connectivity index (χ3v) is 4.43. The van der Waals surface area contributed by atoms with E-state index in [-0.39, 0.29) is 0 Å². The van der Waals surface area contributed by atoms with E-state index < -0.39 is 0 Å². The van der Waals surface area contributed by atoms with Crippen molar-refractivity contribution in [2.75, 3.05) is 23.8 Å². The van der Waals surface area contributed by atoms with Crippen LogP contribution in [0.1, 0.15) is 22.5 Å². The van der Waals surface area contributed by atoms with Crippen molar-refractivity contribution in [1.29, 1.82) is 0 Å². The zero-order valence-electron chi connectivity index (χ0n) is 15.8. The van der Waals surface area contributed by atoms with Gasteiger partial charge in [-0.1, -0.05) is 18.2 Å². The number of anilines is 3. The number of aryl methyl sites for hydroxylation is 3. The quantitative estimate of drug-likeness (QED) is 0.723. The molecule has 1 N–H and O–H groups in total. The molecule has 5 nitrogen and oxygen atoms in total. The van der Waals surface area contributed by atoms with Crippen LogP contribution < -0.4 is 10.2 Å². The van der Waals surface area contributed by atoms with Gasteiger partial charge in [-0.25, -0.2) is 9.97 Å². The number of likely N-dealkylation sites (N-methyl/N-ethyl adjacent to an activating group) is 1. The lowest BCUT2D eigenvalue weighted by atomic mass is 10.1. The summed E-state index contributed by atoms with van der Waals surface area (Å²) in [5.74, 6) is 2.49. The summed E-state index contributed by atoms with van der Waals surface area (Å²) in [6.45, 7) is 7.01. The van der Waals surface area contributed by atoms with Crippen molar-refractivity contribution in [2.45, 2.75) is 27.2 Å². The fraction of sp³-hybridized carbons (Fsp3) is 0.286. The third kappa shape index (κ3) is 4.36. The first kappa shape index (κ1) is 17.9. The van der Waals surface area contributed by atoms with Gasteiger partial charge in [0.2, 0.25) is 0 Å². The van der Waals surface area contributed by atoms with Crippen molar-refractivity contribution in [2.24, 2.45) is 0 Å². The van der Waals surface area contributed by atoms with E-state index in [1.807, 2.05) is 37.5 Å². The van der Waals surface area contributed by atoms with Gasteiger partial charge in [0.1, 0.15) is 17.5 Å². The van der Waals surface area contributed by atoms with Gasteiger partial charge in [-0.15, -0.1) is 0 Å². The lowest BCUT2D eigenvalue weighted by molar-refractivity contribution is 0.848. The summed E-state index contributed by atoms with van der Waals surface area (Å²) < 4.78 is 0. The van der Waals surface area contributed by atoms with Crippen molar-refractivity contribution in [3.8, 4) is 0 Å². The van der Waals surface area contributed by atoms with Crippen molar-refractivity contribution >= 4 is 17.3 Å². The highest BCUT2D eigenvalue weighted by Crippen LogP contribution is 2.25. The van der Waals surface area contributed by atoms with Crippen LogP contribution in [0.2, 0.25) is 0 Å². The Labute approximate surface area is 155 Å². The Morgan fingerprint density at radius 3 is 2.35 bits per heavy atom. The molecule has 5 heteroatoms. The van der Waals surface area contributed by atoms with E-state index in [2.05, 4.69) is 64.3 Å². The van der Waals surface area contributed by atoms with Gasteiger partial charge in [0.25, 0.3) is 0 Å². The fourth-order valence-corrected chi connectivity index (χ4v) is 2.91.